The summed E-state index contributed by atoms with van der Waals surface area (Å²) >= 11 is 0. The highest BCUT2D eigenvalue weighted by Crippen LogP contribution is 2.17. The van der Waals surface area contributed by atoms with E-state index in [1.54, 1.807) is 67.0 Å². The molecule has 0 atom stereocenters. The van der Waals surface area contributed by atoms with E-state index in [1.165, 1.54) is 6.08 Å². The first-order valence-electron chi connectivity index (χ1n) is 11.3. The molecule has 2 aromatic heterocycles. The molecule has 5 rings (SSSR count). The molecular formula is C27H23N5O3. The maximum absolute atomic E-state index is 12.9. The van der Waals surface area contributed by atoms with Crippen LogP contribution >= 0.6 is 0 Å². The van der Waals surface area contributed by atoms with E-state index in [-0.39, 0.29) is 11.6 Å². The van der Waals surface area contributed by atoms with Crippen molar-refractivity contribution in [3.63, 3.8) is 0 Å². The van der Waals surface area contributed by atoms with Crippen molar-refractivity contribution in [3.05, 3.63) is 106 Å². The first-order chi connectivity index (χ1) is 17.1. The Morgan fingerprint density at radius 1 is 0.886 bits per heavy atom. The maximum Gasteiger partial charge on any atom is 0.278 e. The van der Waals surface area contributed by atoms with E-state index in [0.29, 0.717) is 29.7 Å². The molecule has 4 aromatic rings. The number of aromatic nitrogens is 3. The number of nitrogens with one attached hydrogen (secondary N) is 1. The maximum atomic E-state index is 12.9. The van der Waals surface area contributed by atoms with Crippen molar-refractivity contribution in [3.8, 4) is 0 Å². The van der Waals surface area contributed by atoms with E-state index in [2.05, 4.69) is 19.9 Å². The topological polar surface area (TPSA) is 99.3 Å². The largest absolute Gasteiger partial charge is 0.368 e. The van der Waals surface area contributed by atoms with Crippen LogP contribution in [0.25, 0.3) is 17.1 Å². The predicted molar refractivity (Wildman–Crippen MR) is 135 cm³/mol. The number of para-hydroxylation sites is 2. The molecule has 35 heavy (non-hydrogen) atoms. The van der Waals surface area contributed by atoms with Crippen molar-refractivity contribution < 1.29 is 9.59 Å². The third-order valence-corrected chi connectivity index (χ3v) is 6.01. The molecule has 1 saturated heterocycles. The minimum Gasteiger partial charge on any atom is -0.368 e. The lowest BCUT2D eigenvalue weighted by Crippen LogP contribution is -2.48. The summed E-state index contributed by atoms with van der Waals surface area (Å²) < 4.78 is 0. The van der Waals surface area contributed by atoms with Gasteiger partial charge >= 0.3 is 0 Å². The number of rotatable bonds is 5. The minimum absolute atomic E-state index is 0.0159. The van der Waals surface area contributed by atoms with Gasteiger partial charge in [-0.1, -0.05) is 30.3 Å². The van der Waals surface area contributed by atoms with Gasteiger partial charge in [0.1, 0.15) is 0 Å². The number of anilines is 1. The van der Waals surface area contributed by atoms with Gasteiger partial charge in [0.15, 0.2) is 5.69 Å². The molecule has 1 aliphatic rings. The Labute approximate surface area is 201 Å². The number of H-pyrrole nitrogens is 1. The van der Waals surface area contributed by atoms with Crippen molar-refractivity contribution in [2.75, 3.05) is 31.1 Å². The van der Waals surface area contributed by atoms with Crippen LogP contribution in [-0.4, -0.2) is 57.7 Å². The molecule has 174 valence electrons. The Bertz CT molecular complexity index is 1450. The zero-order valence-corrected chi connectivity index (χ0v) is 18.9. The third-order valence-electron chi connectivity index (χ3n) is 6.01. The van der Waals surface area contributed by atoms with Crippen molar-refractivity contribution >= 4 is 34.5 Å². The number of piperazine rings is 1. The number of fused-ring (bicyclic) bond motifs is 1. The number of aromatic amines is 1. The molecule has 8 nitrogen and oxygen atoms in total. The molecule has 0 radical (unpaired) electrons. The fourth-order valence-electron chi connectivity index (χ4n) is 4.09. The van der Waals surface area contributed by atoms with Crippen LogP contribution in [-0.2, 0) is 0 Å². The number of amides is 1. The van der Waals surface area contributed by atoms with E-state index >= 15 is 0 Å². The summed E-state index contributed by atoms with van der Waals surface area (Å²) in [6, 6.07) is 18.1. The number of allylic oxidation sites excluding steroid dienone is 1. The van der Waals surface area contributed by atoms with Gasteiger partial charge in [-0.2, -0.15) is 0 Å². The molecular weight excluding hydrogens is 442 g/mol. The van der Waals surface area contributed by atoms with Crippen LogP contribution in [0.2, 0.25) is 0 Å². The monoisotopic (exact) mass is 465 g/mol. The van der Waals surface area contributed by atoms with Crippen molar-refractivity contribution in [2.45, 2.75) is 0 Å². The first kappa shape index (κ1) is 22.2. The van der Waals surface area contributed by atoms with Crippen LogP contribution < -0.4 is 10.5 Å². The van der Waals surface area contributed by atoms with Gasteiger partial charge in [-0.25, -0.2) is 4.98 Å². The van der Waals surface area contributed by atoms with Gasteiger partial charge in [-0.05, 0) is 48.0 Å². The lowest BCUT2D eigenvalue weighted by molar-refractivity contribution is 0.0746. The van der Waals surface area contributed by atoms with Gasteiger partial charge in [-0.15, -0.1) is 0 Å². The molecule has 1 fully saturated rings. The van der Waals surface area contributed by atoms with Crippen LogP contribution in [0.1, 0.15) is 26.4 Å². The Balaban J connectivity index is 1.22. The fraction of sp³-hybridized carbons (Fsp3) is 0.148. The van der Waals surface area contributed by atoms with Gasteiger partial charge in [-0.3, -0.25) is 19.4 Å². The van der Waals surface area contributed by atoms with E-state index in [0.717, 1.165) is 24.3 Å². The van der Waals surface area contributed by atoms with E-state index in [4.69, 9.17) is 0 Å². The molecule has 8 heteroatoms. The van der Waals surface area contributed by atoms with E-state index in [1.807, 2.05) is 17.0 Å². The number of hydrogen-bond acceptors (Lipinski definition) is 6. The number of benzene rings is 2. The predicted octanol–water partition coefficient (Wildman–Crippen LogP) is 3.18. The number of pyridine rings is 1. The average Bonchev–Trinajstić information content (AvgIpc) is 2.92. The fourth-order valence-corrected chi connectivity index (χ4v) is 4.09. The highest BCUT2D eigenvalue weighted by molar-refractivity contribution is 6.06. The summed E-state index contributed by atoms with van der Waals surface area (Å²) in [6.07, 6.45) is 6.47. The second-order valence-corrected chi connectivity index (χ2v) is 8.24. The summed E-state index contributed by atoms with van der Waals surface area (Å²) in [4.78, 5) is 52.7. The minimum atomic E-state index is -0.525. The number of carbonyl (C=O) groups is 2. The number of nitrogens with zero attached hydrogens (tertiary/aromatic N) is 4. The summed E-state index contributed by atoms with van der Waals surface area (Å²) in [5, 5.41) is 0. The smallest absolute Gasteiger partial charge is 0.278 e. The average molecular weight is 466 g/mol. The molecule has 0 unspecified atom stereocenters. The van der Waals surface area contributed by atoms with Gasteiger partial charge in [0.2, 0.25) is 5.78 Å². The van der Waals surface area contributed by atoms with Crippen molar-refractivity contribution in [1.82, 2.24) is 19.9 Å². The van der Waals surface area contributed by atoms with Gasteiger partial charge < -0.3 is 14.8 Å². The number of ketones is 1. The zero-order chi connectivity index (χ0) is 24.2. The van der Waals surface area contributed by atoms with Gasteiger partial charge in [0.05, 0.1) is 11.0 Å². The highest BCUT2D eigenvalue weighted by Gasteiger charge is 2.22. The second-order valence-electron chi connectivity index (χ2n) is 8.24. The molecule has 2 aromatic carbocycles. The molecule has 1 N–H and O–H groups in total. The third kappa shape index (κ3) is 4.86. The Morgan fingerprint density at radius 3 is 2.34 bits per heavy atom. The Hall–Kier alpha value is -4.59. The normalized spacial score (nSPS) is 13.9. The summed E-state index contributed by atoms with van der Waals surface area (Å²) in [5.74, 6) is -0.498. The summed E-state index contributed by atoms with van der Waals surface area (Å²) in [6.45, 7) is 2.82. The van der Waals surface area contributed by atoms with Gasteiger partial charge in [0, 0.05) is 49.8 Å². The first-order valence-corrected chi connectivity index (χ1v) is 11.3. The number of carbonyl (C=O) groups excluding carboxylic acids is 2. The standard InChI is InChI=1S/C27H23N5O3/c33-24(25-26(34)30-23-4-2-1-3-22(23)29-25)10-7-19-5-8-20(9-6-19)27(35)32-17-15-31(16-18-32)21-11-13-28-14-12-21/h1-14H,15-18H2,(H,30,34). The molecule has 0 saturated carbocycles. The van der Waals surface area contributed by atoms with E-state index < -0.39 is 11.3 Å². The van der Waals surface area contributed by atoms with Crippen LogP contribution in [0.15, 0.2) is 83.9 Å². The van der Waals surface area contributed by atoms with Crippen molar-refractivity contribution in [2.24, 2.45) is 0 Å². The summed E-state index contributed by atoms with van der Waals surface area (Å²) in [7, 11) is 0. The van der Waals surface area contributed by atoms with Crippen LogP contribution in [0.3, 0.4) is 0 Å². The van der Waals surface area contributed by atoms with Gasteiger partial charge in [0.25, 0.3) is 11.5 Å². The summed E-state index contributed by atoms with van der Waals surface area (Å²) in [5.41, 5.74) is 2.90. The molecule has 3 heterocycles. The lowest BCUT2D eigenvalue weighted by atomic mass is 10.1. The van der Waals surface area contributed by atoms with Crippen LogP contribution in [0.4, 0.5) is 5.69 Å². The number of hydrogen-bond donors (Lipinski definition) is 1. The molecule has 1 amide bonds. The molecule has 0 bridgehead atoms. The second kappa shape index (κ2) is 9.72. The molecule has 1 aliphatic heterocycles. The SMILES string of the molecule is O=C(C=Cc1ccc(C(=O)N2CCN(c3ccncc3)CC2)cc1)c1nc2ccccc2[nH]c1=O. The van der Waals surface area contributed by atoms with Crippen molar-refractivity contribution in [1.29, 1.82) is 0 Å². The Morgan fingerprint density at radius 2 is 1.60 bits per heavy atom. The quantitative estimate of drug-likeness (QED) is 0.359. The Kier molecular flexibility index (Phi) is 6.17. The van der Waals surface area contributed by atoms with Crippen LogP contribution in [0.5, 0.6) is 0 Å². The van der Waals surface area contributed by atoms with Crippen LogP contribution in [0, 0.1) is 0 Å². The zero-order valence-electron chi connectivity index (χ0n) is 18.9. The molecule has 0 aliphatic carbocycles. The van der Waals surface area contributed by atoms with E-state index in [9.17, 15) is 14.4 Å². The lowest BCUT2D eigenvalue weighted by Gasteiger charge is -2.36. The highest BCUT2D eigenvalue weighted by atomic mass is 16.2. The molecule has 0 spiro atoms.